The minimum absolute atomic E-state index is 0.0804. The van der Waals surface area contributed by atoms with Crippen LogP contribution in [0.5, 0.6) is 0 Å². The minimum Gasteiger partial charge on any atom is -0.327 e. The van der Waals surface area contributed by atoms with Gasteiger partial charge in [-0.05, 0) is 36.5 Å². The topological polar surface area (TPSA) is 26.0 Å². The zero-order chi connectivity index (χ0) is 12.5. The van der Waals surface area contributed by atoms with Crippen LogP contribution in [0.25, 0.3) is 5.57 Å². The molecule has 1 aromatic carbocycles. The Morgan fingerprint density at radius 1 is 1.18 bits per heavy atom. The normalized spacial score (nSPS) is 21.2. The molecule has 92 valence electrons. The third kappa shape index (κ3) is 2.69. The molecule has 1 aliphatic carbocycles. The van der Waals surface area contributed by atoms with Gasteiger partial charge in [-0.25, -0.2) is 0 Å². The van der Waals surface area contributed by atoms with Crippen LogP contribution in [0.1, 0.15) is 30.4 Å². The van der Waals surface area contributed by atoms with E-state index in [0.717, 1.165) is 18.1 Å². The predicted octanol–water partition coefficient (Wildman–Crippen LogP) is 3.60. The number of alkyl halides is 3. The van der Waals surface area contributed by atoms with E-state index < -0.39 is 11.7 Å². The summed E-state index contributed by atoms with van der Waals surface area (Å²) in [6.45, 7) is 0. The molecule has 1 nitrogen and oxygen atoms in total. The molecule has 2 rings (SSSR count). The molecule has 17 heavy (non-hydrogen) atoms. The van der Waals surface area contributed by atoms with Crippen molar-refractivity contribution in [3.05, 3.63) is 41.5 Å². The van der Waals surface area contributed by atoms with Crippen molar-refractivity contribution in [2.75, 3.05) is 0 Å². The number of benzene rings is 1. The highest BCUT2D eigenvalue weighted by Crippen LogP contribution is 2.37. The molecule has 0 fully saturated rings. The summed E-state index contributed by atoms with van der Waals surface area (Å²) in [4.78, 5) is 0. The van der Waals surface area contributed by atoms with Crippen molar-refractivity contribution in [3.8, 4) is 0 Å². The van der Waals surface area contributed by atoms with E-state index in [1.54, 1.807) is 6.07 Å². The first-order chi connectivity index (χ1) is 7.98. The molecule has 0 saturated heterocycles. The maximum atomic E-state index is 12.8. The summed E-state index contributed by atoms with van der Waals surface area (Å²) >= 11 is 0. The number of rotatable bonds is 1. The molecule has 0 saturated carbocycles. The fourth-order valence-electron chi connectivity index (χ4n) is 2.11. The van der Waals surface area contributed by atoms with Crippen LogP contribution in [0.15, 0.2) is 30.3 Å². The molecule has 0 aromatic heterocycles. The van der Waals surface area contributed by atoms with Crippen LogP contribution in [0.3, 0.4) is 0 Å². The van der Waals surface area contributed by atoms with E-state index in [4.69, 9.17) is 5.73 Å². The van der Waals surface area contributed by atoms with Gasteiger partial charge in [0, 0.05) is 6.04 Å². The van der Waals surface area contributed by atoms with Crippen LogP contribution in [0.2, 0.25) is 0 Å². The van der Waals surface area contributed by atoms with Crippen LogP contribution in [-0.4, -0.2) is 6.04 Å². The molecule has 0 amide bonds. The van der Waals surface area contributed by atoms with Gasteiger partial charge in [-0.3, -0.25) is 0 Å². The zero-order valence-corrected chi connectivity index (χ0v) is 9.30. The number of nitrogens with two attached hydrogens (primary N) is 1. The van der Waals surface area contributed by atoms with Gasteiger partial charge < -0.3 is 5.73 Å². The lowest BCUT2D eigenvalue weighted by Gasteiger charge is -2.21. The van der Waals surface area contributed by atoms with Crippen molar-refractivity contribution in [1.82, 2.24) is 0 Å². The average molecular weight is 241 g/mol. The van der Waals surface area contributed by atoms with E-state index in [1.165, 1.54) is 12.1 Å². The van der Waals surface area contributed by atoms with Gasteiger partial charge in [0.15, 0.2) is 0 Å². The Balaban J connectivity index is 2.39. The lowest BCUT2D eigenvalue weighted by atomic mass is 9.89. The van der Waals surface area contributed by atoms with Gasteiger partial charge in [0.2, 0.25) is 0 Å². The van der Waals surface area contributed by atoms with E-state index in [1.807, 2.05) is 6.08 Å². The third-order valence-corrected chi connectivity index (χ3v) is 3.03. The molecule has 0 heterocycles. The number of allylic oxidation sites excluding steroid dienone is 1. The van der Waals surface area contributed by atoms with E-state index in [2.05, 4.69) is 0 Å². The summed E-state index contributed by atoms with van der Waals surface area (Å²) in [6.07, 6.45) is -0.441. The van der Waals surface area contributed by atoms with Crippen molar-refractivity contribution in [1.29, 1.82) is 0 Å². The predicted molar refractivity (Wildman–Crippen MR) is 61.2 cm³/mol. The van der Waals surface area contributed by atoms with Gasteiger partial charge in [-0.1, -0.05) is 24.3 Å². The first-order valence-corrected chi connectivity index (χ1v) is 5.59. The molecular formula is C13H14F3N. The lowest BCUT2D eigenvalue weighted by molar-refractivity contribution is -0.137. The molecule has 0 bridgehead atoms. The Bertz CT molecular complexity index is 435. The Morgan fingerprint density at radius 2 is 1.88 bits per heavy atom. The van der Waals surface area contributed by atoms with Crippen molar-refractivity contribution >= 4 is 5.57 Å². The second-order valence-corrected chi connectivity index (χ2v) is 4.31. The highest BCUT2D eigenvalue weighted by atomic mass is 19.4. The quantitative estimate of drug-likeness (QED) is 0.798. The molecule has 0 spiro atoms. The van der Waals surface area contributed by atoms with Crippen molar-refractivity contribution in [3.63, 3.8) is 0 Å². The highest BCUT2D eigenvalue weighted by Gasteiger charge is 2.33. The first kappa shape index (κ1) is 12.2. The smallest absolute Gasteiger partial charge is 0.327 e. The number of hydrogen-bond donors (Lipinski definition) is 1. The Hall–Kier alpha value is -1.29. The molecule has 1 aliphatic rings. The monoisotopic (exact) mass is 241 g/mol. The fraction of sp³-hybridized carbons (Fsp3) is 0.385. The summed E-state index contributed by atoms with van der Waals surface area (Å²) in [6, 6.07) is 5.80. The Morgan fingerprint density at radius 3 is 2.47 bits per heavy atom. The van der Waals surface area contributed by atoms with Gasteiger partial charge in [0.05, 0.1) is 5.56 Å². The largest absolute Gasteiger partial charge is 0.416 e. The van der Waals surface area contributed by atoms with Gasteiger partial charge in [-0.15, -0.1) is 0 Å². The van der Waals surface area contributed by atoms with E-state index in [-0.39, 0.29) is 6.04 Å². The lowest BCUT2D eigenvalue weighted by Crippen LogP contribution is -2.22. The van der Waals surface area contributed by atoms with Crippen LogP contribution in [0.4, 0.5) is 13.2 Å². The van der Waals surface area contributed by atoms with Gasteiger partial charge >= 0.3 is 6.18 Å². The van der Waals surface area contributed by atoms with Crippen LogP contribution in [0, 0.1) is 0 Å². The fourth-order valence-corrected chi connectivity index (χ4v) is 2.11. The zero-order valence-electron chi connectivity index (χ0n) is 9.30. The van der Waals surface area contributed by atoms with Gasteiger partial charge in [-0.2, -0.15) is 13.2 Å². The van der Waals surface area contributed by atoms with E-state index in [9.17, 15) is 13.2 Å². The second-order valence-electron chi connectivity index (χ2n) is 4.31. The first-order valence-electron chi connectivity index (χ1n) is 5.59. The Labute approximate surface area is 98.1 Å². The third-order valence-electron chi connectivity index (χ3n) is 3.03. The SMILES string of the molecule is NC1CC=C(c2ccccc2C(F)(F)F)CC1. The molecule has 1 unspecified atom stereocenters. The van der Waals surface area contributed by atoms with Crippen molar-refractivity contribution in [2.24, 2.45) is 5.73 Å². The summed E-state index contributed by atoms with van der Waals surface area (Å²) in [5.74, 6) is 0. The molecule has 1 atom stereocenters. The molecule has 4 heteroatoms. The number of hydrogen-bond acceptors (Lipinski definition) is 1. The van der Waals surface area contributed by atoms with Crippen LogP contribution < -0.4 is 5.73 Å². The molecule has 1 aromatic rings. The molecule has 0 aliphatic heterocycles. The van der Waals surface area contributed by atoms with Crippen LogP contribution >= 0.6 is 0 Å². The minimum atomic E-state index is -4.29. The molecule has 2 N–H and O–H groups in total. The second kappa shape index (κ2) is 4.53. The summed E-state index contributed by atoms with van der Waals surface area (Å²) in [5, 5.41) is 0. The van der Waals surface area contributed by atoms with E-state index in [0.29, 0.717) is 18.4 Å². The molecule has 0 radical (unpaired) electrons. The average Bonchev–Trinajstić information content (AvgIpc) is 2.29. The summed E-state index contributed by atoms with van der Waals surface area (Å²) in [7, 11) is 0. The standard InChI is InChI=1S/C13H14F3N/c14-13(15,16)12-4-2-1-3-11(12)9-5-7-10(17)8-6-9/h1-5,10H,6-8,17H2. The van der Waals surface area contributed by atoms with Crippen molar-refractivity contribution in [2.45, 2.75) is 31.5 Å². The Kier molecular flexibility index (Phi) is 3.24. The highest BCUT2D eigenvalue weighted by molar-refractivity contribution is 5.69. The molecular weight excluding hydrogens is 227 g/mol. The van der Waals surface area contributed by atoms with Crippen LogP contribution in [-0.2, 0) is 6.18 Å². The van der Waals surface area contributed by atoms with E-state index >= 15 is 0 Å². The van der Waals surface area contributed by atoms with Crippen molar-refractivity contribution < 1.29 is 13.2 Å². The summed E-state index contributed by atoms with van der Waals surface area (Å²) < 4.78 is 38.5. The van der Waals surface area contributed by atoms with Gasteiger partial charge in [0.25, 0.3) is 0 Å². The maximum absolute atomic E-state index is 12.8. The number of halogens is 3. The summed E-state index contributed by atoms with van der Waals surface area (Å²) in [5.41, 5.74) is 6.24. The van der Waals surface area contributed by atoms with Gasteiger partial charge in [0.1, 0.15) is 0 Å². The maximum Gasteiger partial charge on any atom is 0.416 e.